The zero-order chi connectivity index (χ0) is 14.1. The maximum atomic E-state index is 6.04. The number of hydrogen-bond acceptors (Lipinski definition) is 5. The van der Waals surface area contributed by atoms with Crippen LogP contribution in [0, 0.1) is 0 Å². The van der Waals surface area contributed by atoms with E-state index < -0.39 is 0 Å². The normalized spacial score (nSPS) is 11.3. The van der Waals surface area contributed by atoms with Gasteiger partial charge in [0, 0.05) is 11.6 Å². The van der Waals surface area contributed by atoms with Crippen LogP contribution in [0.4, 0.5) is 5.95 Å². The van der Waals surface area contributed by atoms with E-state index in [1.54, 1.807) is 17.5 Å². The van der Waals surface area contributed by atoms with Crippen molar-refractivity contribution in [3.63, 3.8) is 0 Å². The van der Waals surface area contributed by atoms with Gasteiger partial charge in [0.05, 0.1) is 18.2 Å². The fraction of sp³-hybridized carbons (Fsp3) is 0.286. The van der Waals surface area contributed by atoms with Gasteiger partial charge < -0.3 is 15.0 Å². The molecule has 0 aliphatic carbocycles. The molecule has 0 fully saturated rings. The van der Waals surface area contributed by atoms with E-state index in [0.717, 1.165) is 21.8 Å². The molecule has 3 aromatic rings. The lowest BCUT2D eigenvalue weighted by Gasteiger charge is -2.10. The first-order valence-corrected chi connectivity index (χ1v) is 7.33. The van der Waals surface area contributed by atoms with E-state index in [2.05, 4.69) is 9.97 Å². The Morgan fingerprint density at radius 1 is 1.40 bits per heavy atom. The molecule has 3 rings (SSSR count). The number of nitrogens with two attached hydrogens (primary N) is 1. The highest BCUT2D eigenvalue weighted by molar-refractivity contribution is 7.09. The maximum absolute atomic E-state index is 6.04. The van der Waals surface area contributed by atoms with Crippen molar-refractivity contribution >= 4 is 28.3 Å². The Hall–Kier alpha value is -2.08. The Morgan fingerprint density at radius 2 is 2.25 bits per heavy atom. The fourth-order valence-electron chi connectivity index (χ4n) is 2.12. The van der Waals surface area contributed by atoms with Gasteiger partial charge in [0.1, 0.15) is 16.3 Å². The molecule has 1 aromatic carbocycles. The first-order valence-electron chi connectivity index (χ1n) is 6.45. The predicted molar refractivity (Wildman–Crippen MR) is 81.1 cm³/mol. The van der Waals surface area contributed by atoms with Gasteiger partial charge in [-0.15, -0.1) is 11.3 Å². The molecule has 0 aliphatic rings. The highest BCUT2D eigenvalue weighted by Gasteiger charge is 2.14. The number of hydrogen-bond donors (Lipinski definition) is 1. The number of nitrogen functional groups attached to an aromatic ring is 1. The van der Waals surface area contributed by atoms with Gasteiger partial charge in [-0.25, -0.2) is 9.97 Å². The average Bonchev–Trinajstić information content (AvgIpc) is 3.00. The minimum atomic E-state index is 0.103. The van der Waals surface area contributed by atoms with Crippen molar-refractivity contribution in [2.45, 2.75) is 26.5 Å². The molecule has 104 valence electrons. The van der Waals surface area contributed by atoms with Crippen molar-refractivity contribution < 1.29 is 4.74 Å². The fourth-order valence-corrected chi connectivity index (χ4v) is 2.72. The van der Waals surface area contributed by atoms with Crippen LogP contribution in [0.15, 0.2) is 29.8 Å². The zero-order valence-electron chi connectivity index (χ0n) is 11.4. The van der Waals surface area contributed by atoms with Crippen molar-refractivity contribution in [2.24, 2.45) is 0 Å². The van der Waals surface area contributed by atoms with E-state index in [0.29, 0.717) is 12.5 Å². The Kier molecular flexibility index (Phi) is 3.31. The van der Waals surface area contributed by atoms with Gasteiger partial charge in [-0.1, -0.05) is 6.07 Å². The van der Waals surface area contributed by atoms with Gasteiger partial charge in [0.25, 0.3) is 0 Å². The molecule has 2 N–H and O–H groups in total. The van der Waals surface area contributed by atoms with Crippen LogP contribution in [0.25, 0.3) is 11.0 Å². The number of rotatable bonds is 4. The Morgan fingerprint density at radius 3 is 2.95 bits per heavy atom. The standard InChI is InChI=1S/C14H16N4OS/c1-9(2)19-11-5-3-4-10-13(11)17-14(15)18(10)8-12-16-6-7-20-12/h3-7,9H,8H2,1-2H3,(H2,15,17). The van der Waals surface area contributed by atoms with Crippen molar-refractivity contribution in [1.29, 1.82) is 0 Å². The summed E-state index contributed by atoms with van der Waals surface area (Å²) in [6.07, 6.45) is 1.90. The molecular weight excluding hydrogens is 272 g/mol. The van der Waals surface area contributed by atoms with Crippen molar-refractivity contribution in [1.82, 2.24) is 14.5 Å². The second-order valence-electron chi connectivity index (χ2n) is 4.77. The molecule has 2 aromatic heterocycles. The second kappa shape index (κ2) is 5.13. The lowest BCUT2D eigenvalue weighted by atomic mass is 10.3. The van der Waals surface area contributed by atoms with E-state index in [4.69, 9.17) is 10.5 Å². The minimum Gasteiger partial charge on any atom is -0.489 e. The molecule has 0 saturated heterocycles. The molecule has 0 saturated carbocycles. The molecule has 20 heavy (non-hydrogen) atoms. The number of imidazole rings is 1. The summed E-state index contributed by atoms with van der Waals surface area (Å²) in [6.45, 7) is 4.62. The Labute approximate surface area is 121 Å². The third kappa shape index (κ3) is 2.34. The van der Waals surface area contributed by atoms with Gasteiger partial charge in [-0.3, -0.25) is 0 Å². The van der Waals surface area contributed by atoms with Gasteiger partial charge in [-0.05, 0) is 26.0 Å². The highest BCUT2D eigenvalue weighted by atomic mass is 32.1. The van der Waals surface area contributed by atoms with E-state index in [1.807, 2.05) is 42.0 Å². The summed E-state index contributed by atoms with van der Waals surface area (Å²) in [6, 6.07) is 5.88. The lowest BCUT2D eigenvalue weighted by molar-refractivity contribution is 0.245. The van der Waals surface area contributed by atoms with Crippen LogP contribution in [0.5, 0.6) is 5.75 Å². The van der Waals surface area contributed by atoms with Gasteiger partial charge in [0.15, 0.2) is 0 Å². The third-order valence-corrected chi connectivity index (χ3v) is 3.68. The number of benzene rings is 1. The minimum absolute atomic E-state index is 0.103. The van der Waals surface area contributed by atoms with Crippen LogP contribution in [0.1, 0.15) is 18.9 Å². The average molecular weight is 288 g/mol. The molecule has 0 radical (unpaired) electrons. The van der Waals surface area contributed by atoms with Crippen molar-refractivity contribution in [3.8, 4) is 5.75 Å². The summed E-state index contributed by atoms with van der Waals surface area (Å²) >= 11 is 1.61. The number of thiazole rings is 1. The molecule has 0 amide bonds. The first-order chi connectivity index (χ1) is 9.65. The summed E-state index contributed by atoms with van der Waals surface area (Å²) in [5.41, 5.74) is 7.81. The molecule has 0 bridgehead atoms. The molecule has 2 heterocycles. The van der Waals surface area contributed by atoms with Gasteiger partial charge >= 0.3 is 0 Å². The maximum Gasteiger partial charge on any atom is 0.201 e. The predicted octanol–water partition coefficient (Wildman–Crippen LogP) is 2.91. The molecule has 0 unspecified atom stereocenters. The first kappa shape index (κ1) is 12.9. The molecule has 0 spiro atoms. The second-order valence-corrected chi connectivity index (χ2v) is 5.75. The molecule has 6 heteroatoms. The van der Waals surface area contributed by atoms with Crippen LogP contribution in [0.2, 0.25) is 0 Å². The monoisotopic (exact) mass is 288 g/mol. The number of nitrogens with zero attached hydrogens (tertiary/aromatic N) is 3. The van der Waals surface area contributed by atoms with Crippen LogP contribution in [-0.2, 0) is 6.54 Å². The molecule has 0 aliphatic heterocycles. The molecule has 5 nitrogen and oxygen atoms in total. The summed E-state index contributed by atoms with van der Waals surface area (Å²) in [5.74, 6) is 1.25. The number of fused-ring (bicyclic) bond motifs is 1. The van der Waals surface area contributed by atoms with Gasteiger partial charge in [-0.2, -0.15) is 0 Å². The Bertz CT molecular complexity index is 718. The van der Waals surface area contributed by atoms with E-state index in [-0.39, 0.29) is 6.10 Å². The van der Waals surface area contributed by atoms with E-state index in [1.165, 1.54) is 0 Å². The quantitative estimate of drug-likeness (QED) is 0.801. The van der Waals surface area contributed by atoms with Crippen LogP contribution < -0.4 is 10.5 Å². The summed E-state index contributed by atoms with van der Waals surface area (Å²) in [4.78, 5) is 8.73. The van der Waals surface area contributed by atoms with E-state index >= 15 is 0 Å². The van der Waals surface area contributed by atoms with Crippen LogP contribution in [-0.4, -0.2) is 20.6 Å². The summed E-state index contributed by atoms with van der Waals surface area (Å²) in [5, 5.41) is 2.96. The third-order valence-electron chi connectivity index (χ3n) is 2.91. The number of para-hydroxylation sites is 1. The largest absolute Gasteiger partial charge is 0.489 e. The van der Waals surface area contributed by atoms with Crippen LogP contribution >= 0.6 is 11.3 Å². The smallest absolute Gasteiger partial charge is 0.201 e. The summed E-state index contributed by atoms with van der Waals surface area (Å²) < 4.78 is 7.75. The Balaban J connectivity index is 2.07. The lowest BCUT2D eigenvalue weighted by Crippen LogP contribution is -2.06. The topological polar surface area (TPSA) is 66.0 Å². The van der Waals surface area contributed by atoms with Crippen LogP contribution in [0.3, 0.4) is 0 Å². The zero-order valence-corrected chi connectivity index (χ0v) is 12.2. The SMILES string of the molecule is CC(C)Oc1cccc2c1nc(N)n2Cc1nccs1. The van der Waals surface area contributed by atoms with E-state index in [9.17, 15) is 0 Å². The molecule has 0 atom stereocenters. The number of anilines is 1. The van der Waals surface area contributed by atoms with Gasteiger partial charge in [0.2, 0.25) is 5.95 Å². The highest BCUT2D eigenvalue weighted by Crippen LogP contribution is 2.28. The summed E-state index contributed by atoms with van der Waals surface area (Å²) in [7, 11) is 0. The number of ether oxygens (including phenoxy) is 1. The number of aromatic nitrogens is 3. The van der Waals surface area contributed by atoms with Crippen molar-refractivity contribution in [2.75, 3.05) is 5.73 Å². The van der Waals surface area contributed by atoms with Crippen molar-refractivity contribution in [3.05, 3.63) is 34.8 Å². The molecular formula is C14H16N4OS.